The first-order chi connectivity index (χ1) is 11.2. The van der Waals surface area contributed by atoms with Gasteiger partial charge in [-0.1, -0.05) is 64.7 Å². The summed E-state index contributed by atoms with van der Waals surface area (Å²) >= 11 is 0. The van der Waals surface area contributed by atoms with Crippen molar-refractivity contribution in [2.24, 2.45) is 17.2 Å². The molecule has 0 aromatic carbocycles. The SMILES string of the molecule is CCCCCCCCC1CCCC1(CCCCCNN)C(=O)O. The molecule has 0 spiro atoms. The van der Waals surface area contributed by atoms with E-state index in [-0.39, 0.29) is 0 Å². The first kappa shape index (κ1) is 20.4. The van der Waals surface area contributed by atoms with Gasteiger partial charge < -0.3 is 5.11 Å². The average Bonchev–Trinajstić information content (AvgIpc) is 2.95. The number of nitrogens with two attached hydrogens (primary N) is 1. The Kier molecular flexibility index (Phi) is 10.5. The molecular weight excluding hydrogens is 288 g/mol. The highest BCUT2D eigenvalue weighted by Crippen LogP contribution is 2.49. The largest absolute Gasteiger partial charge is 0.481 e. The molecule has 0 aliphatic heterocycles. The van der Waals surface area contributed by atoms with Gasteiger partial charge in [-0.2, -0.15) is 0 Å². The summed E-state index contributed by atoms with van der Waals surface area (Å²) in [6.45, 7) is 3.06. The molecular formula is C19H38N2O2. The van der Waals surface area contributed by atoms with Crippen molar-refractivity contribution < 1.29 is 9.90 Å². The summed E-state index contributed by atoms with van der Waals surface area (Å²) in [6.07, 6.45) is 15.9. The predicted octanol–water partition coefficient (Wildman–Crippen LogP) is 4.63. The van der Waals surface area contributed by atoms with Gasteiger partial charge in [0.15, 0.2) is 0 Å². The first-order valence-electron chi connectivity index (χ1n) is 9.84. The van der Waals surface area contributed by atoms with Crippen LogP contribution in [0.1, 0.15) is 96.8 Å². The van der Waals surface area contributed by atoms with Gasteiger partial charge in [0.2, 0.25) is 0 Å². The van der Waals surface area contributed by atoms with Gasteiger partial charge in [-0.3, -0.25) is 16.1 Å². The third kappa shape index (κ3) is 6.80. The Labute approximate surface area is 142 Å². The van der Waals surface area contributed by atoms with E-state index in [0.717, 1.165) is 57.9 Å². The Morgan fingerprint density at radius 1 is 1.13 bits per heavy atom. The summed E-state index contributed by atoms with van der Waals surface area (Å²) < 4.78 is 0. The number of carboxylic acid groups (broad SMARTS) is 1. The molecule has 4 nitrogen and oxygen atoms in total. The molecule has 136 valence electrons. The molecule has 1 rings (SSSR count). The van der Waals surface area contributed by atoms with Crippen LogP contribution in [0.25, 0.3) is 0 Å². The molecule has 0 aromatic rings. The minimum absolute atomic E-state index is 0.402. The van der Waals surface area contributed by atoms with Crippen LogP contribution in [-0.4, -0.2) is 17.6 Å². The lowest BCUT2D eigenvalue weighted by Crippen LogP contribution is -2.35. The van der Waals surface area contributed by atoms with Crippen LogP contribution in [0.2, 0.25) is 0 Å². The molecule has 4 heteroatoms. The third-order valence-electron chi connectivity index (χ3n) is 5.73. The normalized spacial score (nSPS) is 24.2. The van der Waals surface area contributed by atoms with Gasteiger partial charge in [0.05, 0.1) is 5.41 Å². The van der Waals surface area contributed by atoms with Gasteiger partial charge in [-0.15, -0.1) is 0 Å². The van der Waals surface area contributed by atoms with E-state index >= 15 is 0 Å². The van der Waals surface area contributed by atoms with Crippen LogP contribution in [0, 0.1) is 11.3 Å². The summed E-state index contributed by atoms with van der Waals surface area (Å²) in [6, 6.07) is 0. The predicted molar refractivity (Wildman–Crippen MR) is 96.1 cm³/mol. The van der Waals surface area contributed by atoms with Crippen LogP contribution < -0.4 is 11.3 Å². The molecule has 2 unspecified atom stereocenters. The summed E-state index contributed by atoms with van der Waals surface area (Å²) in [5.74, 6) is 5.15. The van der Waals surface area contributed by atoms with Crippen molar-refractivity contribution in [3.63, 3.8) is 0 Å². The molecule has 1 aliphatic rings. The Hall–Kier alpha value is -0.610. The van der Waals surface area contributed by atoms with Gasteiger partial charge in [0.25, 0.3) is 0 Å². The number of carboxylic acids is 1. The number of nitrogens with one attached hydrogen (secondary N) is 1. The molecule has 23 heavy (non-hydrogen) atoms. The quantitative estimate of drug-likeness (QED) is 0.247. The highest BCUT2D eigenvalue weighted by Gasteiger charge is 2.47. The van der Waals surface area contributed by atoms with Crippen LogP contribution in [0.5, 0.6) is 0 Å². The van der Waals surface area contributed by atoms with Crippen molar-refractivity contribution in [2.45, 2.75) is 96.8 Å². The molecule has 0 amide bonds. The lowest BCUT2D eigenvalue weighted by molar-refractivity contribution is -0.152. The maximum Gasteiger partial charge on any atom is 0.309 e. The lowest BCUT2D eigenvalue weighted by Gasteiger charge is -2.31. The Bertz CT molecular complexity index is 322. The van der Waals surface area contributed by atoms with E-state index < -0.39 is 11.4 Å². The average molecular weight is 327 g/mol. The number of hydrogen-bond donors (Lipinski definition) is 3. The molecule has 0 heterocycles. The molecule has 0 aromatic heterocycles. The number of rotatable bonds is 14. The van der Waals surface area contributed by atoms with Crippen molar-refractivity contribution in [1.29, 1.82) is 0 Å². The van der Waals surface area contributed by atoms with Gasteiger partial charge in [0.1, 0.15) is 0 Å². The smallest absolute Gasteiger partial charge is 0.309 e. The highest BCUT2D eigenvalue weighted by molar-refractivity contribution is 5.75. The molecule has 4 N–H and O–H groups in total. The van der Waals surface area contributed by atoms with Gasteiger partial charge >= 0.3 is 5.97 Å². The van der Waals surface area contributed by atoms with Gasteiger partial charge in [-0.25, -0.2) is 0 Å². The van der Waals surface area contributed by atoms with Crippen LogP contribution in [0.15, 0.2) is 0 Å². The van der Waals surface area contributed by atoms with Crippen molar-refractivity contribution in [2.75, 3.05) is 6.54 Å². The second kappa shape index (κ2) is 11.9. The van der Waals surface area contributed by atoms with E-state index in [9.17, 15) is 9.90 Å². The highest BCUT2D eigenvalue weighted by atomic mass is 16.4. The minimum atomic E-state index is -0.539. The number of hydrazine groups is 1. The molecule has 1 fully saturated rings. The van der Waals surface area contributed by atoms with Crippen molar-refractivity contribution in [3.8, 4) is 0 Å². The molecule has 0 saturated heterocycles. The van der Waals surface area contributed by atoms with Crippen LogP contribution in [-0.2, 0) is 4.79 Å². The summed E-state index contributed by atoms with van der Waals surface area (Å²) in [4.78, 5) is 12.0. The molecule has 1 saturated carbocycles. The Morgan fingerprint density at radius 3 is 2.52 bits per heavy atom. The molecule has 2 atom stereocenters. The second-order valence-electron chi connectivity index (χ2n) is 7.37. The first-order valence-corrected chi connectivity index (χ1v) is 9.84. The van der Waals surface area contributed by atoms with Crippen LogP contribution >= 0.6 is 0 Å². The number of unbranched alkanes of at least 4 members (excludes halogenated alkanes) is 7. The summed E-state index contributed by atoms with van der Waals surface area (Å²) in [7, 11) is 0. The zero-order chi connectivity index (χ0) is 17.0. The maximum atomic E-state index is 12.0. The minimum Gasteiger partial charge on any atom is -0.481 e. The number of aliphatic carboxylic acids is 1. The fourth-order valence-corrected chi connectivity index (χ4v) is 4.30. The van der Waals surface area contributed by atoms with Crippen LogP contribution in [0.4, 0.5) is 0 Å². The maximum absolute atomic E-state index is 12.0. The van der Waals surface area contributed by atoms with E-state index in [0.29, 0.717) is 5.92 Å². The fraction of sp³-hybridized carbons (Fsp3) is 0.947. The van der Waals surface area contributed by atoms with Gasteiger partial charge in [-0.05, 0) is 38.0 Å². The Morgan fingerprint density at radius 2 is 1.83 bits per heavy atom. The third-order valence-corrected chi connectivity index (χ3v) is 5.73. The second-order valence-corrected chi connectivity index (χ2v) is 7.37. The van der Waals surface area contributed by atoms with E-state index in [2.05, 4.69) is 12.3 Å². The number of carbonyl (C=O) groups is 1. The molecule has 1 aliphatic carbocycles. The zero-order valence-corrected chi connectivity index (χ0v) is 15.1. The topological polar surface area (TPSA) is 75.3 Å². The monoisotopic (exact) mass is 326 g/mol. The van der Waals surface area contributed by atoms with E-state index in [4.69, 9.17) is 5.84 Å². The van der Waals surface area contributed by atoms with Crippen molar-refractivity contribution in [3.05, 3.63) is 0 Å². The van der Waals surface area contributed by atoms with E-state index in [1.165, 1.54) is 38.5 Å². The van der Waals surface area contributed by atoms with Gasteiger partial charge in [0, 0.05) is 6.54 Å². The zero-order valence-electron chi connectivity index (χ0n) is 15.1. The van der Waals surface area contributed by atoms with Crippen LogP contribution in [0.3, 0.4) is 0 Å². The molecule has 0 radical (unpaired) electrons. The molecule has 0 bridgehead atoms. The number of hydrogen-bond acceptors (Lipinski definition) is 3. The standard InChI is InChI=1S/C19H38N2O2/c1-2-3-4-5-6-8-12-17-13-11-15-19(17,18(22)23)14-9-7-10-16-21-20/h17,21H,2-16,20H2,1H3,(H,22,23). The van der Waals surface area contributed by atoms with Crippen molar-refractivity contribution >= 4 is 5.97 Å². The Balaban J connectivity index is 2.37. The fourth-order valence-electron chi connectivity index (χ4n) is 4.30. The summed E-state index contributed by atoms with van der Waals surface area (Å²) in [5.41, 5.74) is 2.24. The summed E-state index contributed by atoms with van der Waals surface area (Å²) in [5, 5.41) is 9.88. The van der Waals surface area contributed by atoms with Crippen molar-refractivity contribution in [1.82, 2.24) is 5.43 Å². The van der Waals surface area contributed by atoms with E-state index in [1.807, 2.05) is 0 Å². The lowest BCUT2D eigenvalue weighted by atomic mass is 9.72. The van der Waals surface area contributed by atoms with E-state index in [1.54, 1.807) is 0 Å².